The van der Waals surface area contributed by atoms with E-state index in [2.05, 4.69) is 24.1 Å². The van der Waals surface area contributed by atoms with Crippen LogP contribution in [0.25, 0.3) is 0 Å². The van der Waals surface area contributed by atoms with Crippen LogP contribution in [0, 0.1) is 5.92 Å². The second kappa shape index (κ2) is 7.29. The van der Waals surface area contributed by atoms with E-state index in [-0.39, 0.29) is 5.91 Å². The summed E-state index contributed by atoms with van der Waals surface area (Å²) < 4.78 is 5.31. The molecular weight excluding hydrogens is 252 g/mol. The molecule has 1 fully saturated rings. The first-order chi connectivity index (χ1) is 9.74. The maximum absolute atomic E-state index is 12.1. The van der Waals surface area contributed by atoms with Crippen LogP contribution in [-0.2, 0) is 4.74 Å². The molecule has 0 spiro atoms. The number of amides is 1. The summed E-state index contributed by atoms with van der Waals surface area (Å²) in [5, 5.41) is 2.99. The summed E-state index contributed by atoms with van der Waals surface area (Å²) in [6.07, 6.45) is 1.04. The van der Waals surface area contributed by atoms with E-state index in [0.717, 1.165) is 44.0 Å². The molecule has 0 radical (unpaired) electrons. The minimum atomic E-state index is 0.00277. The van der Waals surface area contributed by atoms with Gasteiger partial charge in [0.25, 0.3) is 5.91 Å². The van der Waals surface area contributed by atoms with Crippen molar-refractivity contribution in [3.05, 3.63) is 29.8 Å². The highest BCUT2D eigenvalue weighted by Crippen LogP contribution is 2.15. The Morgan fingerprint density at radius 2 is 2.00 bits per heavy atom. The standard InChI is InChI=1S/C16H24N2O2/c1-3-18(4-2)15-7-5-14(6-8-15)16(19)17-11-13-9-10-20-12-13/h5-8,13H,3-4,9-12H2,1-2H3,(H,17,19). The molecule has 0 aliphatic carbocycles. The van der Waals surface area contributed by atoms with Gasteiger partial charge >= 0.3 is 0 Å². The smallest absolute Gasteiger partial charge is 0.251 e. The predicted molar refractivity (Wildman–Crippen MR) is 81.3 cm³/mol. The highest BCUT2D eigenvalue weighted by atomic mass is 16.5. The van der Waals surface area contributed by atoms with E-state index in [1.165, 1.54) is 0 Å². The van der Waals surface area contributed by atoms with Gasteiger partial charge in [0.05, 0.1) is 6.61 Å². The van der Waals surface area contributed by atoms with E-state index in [4.69, 9.17) is 4.74 Å². The van der Waals surface area contributed by atoms with Crippen LogP contribution in [-0.4, -0.2) is 38.8 Å². The van der Waals surface area contributed by atoms with Gasteiger partial charge in [0.2, 0.25) is 0 Å². The van der Waals surface area contributed by atoms with Gasteiger partial charge in [0.1, 0.15) is 0 Å². The Balaban J connectivity index is 1.89. The third-order valence-electron chi connectivity index (χ3n) is 3.83. The van der Waals surface area contributed by atoms with Crippen LogP contribution in [0.1, 0.15) is 30.6 Å². The van der Waals surface area contributed by atoms with E-state index in [1.807, 2.05) is 24.3 Å². The van der Waals surface area contributed by atoms with Gasteiger partial charge in [0, 0.05) is 43.4 Å². The third-order valence-corrected chi connectivity index (χ3v) is 3.83. The van der Waals surface area contributed by atoms with Crippen molar-refractivity contribution in [2.45, 2.75) is 20.3 Å². The van der Waals surface area contributed by atoms with Gasteiger partial charge in [0.15, 0.2) is 0 Å². The van der Waals surface area contributed by atoms with Crippen LogP contribution in [0.2, 0.25) is 0 Å². The fourth-order valence-corrected chi connectivity index (χ4v) is 2.50. The van der Waals surface area contributed by atoms with Crippen molar-refractivity contribution >= 4 is 11.6 Å². The minimum Gasteiger partial charge on any atom is -0.381 e. The number of nitrogens with zero attached hydrogens (tertiary/aromatic N) is 1. The second-order valence-corrected chi connectivity index (χ2v) is 5.16. The van der Waals surface area contributed by atoms with Gasteiger partial charge in [-0.2, -0.15) is 0 Å². The molecular formula is C16H24N2O2. The molecule has 1 unspecified atom stereocenters. The summed E-state index contributed by atoms with van der Waals surface area (Å²) in [6.45, 7) is 8.51. The molecule has 0 aromatic heterocycles. The number of benzene rings is 1. The van der Waals surface area contributed by atoms with Crippen molar-refractivity contribution in [2.75, 3.05) is 37.7 Å². The summed E-state index contributed by atoms with van der Waals surface area (Å²) in [7, 11) is 0. The van der Waals surface area contributed by atoms with Gasteiger partial charge < -0.3 is 15.0 Å². The number of rotatable bonds is 6. The van der Waals surface area contributed by atoms with Crippen LogP contribution in [0.3, 0.4) is 0 Å². The van der Waals surface area contributed by atoms with Gasteiger partial charge in [-0.3, -0.25) is 4.79 Å². The molecule has 1 aromatic rings. The molecule has 1 aromatic carbocycles. The Labute approximate surface area is 121 Å². The molecule has 1 aliphatic rings. The highest BCUT2D eigenvalue weighted by Gasteiger charge is 2.16. The molecule has 20 heavy (non-hydrogen) atoms. The van der Waals surface area contributed by atoms with Gasteiger partial charge in [-0.25, -0.2) is 0 Å². The molecule has 1 amide bonds. The Bertz CT molecular complexity index is 421. The zero-order chi connectivity index (χ0) is 14.4. The highest BCUT2D eigenvalue weighted by molar-refractivity contribution is 5.94. The van der Waals surface area contributed by atoms with E-state index >= 15 is 0 Å². The molecule has 1 aliphatic heterocycles. The molecule has 1 saturated heterocycles. The lowest BCUT2D eigenvalue weighted by atomic mass is 10.1. The molecule has 110 valence electrons. The monoisotopic (exact) mass is 276 g/mol. The van der Waals surface area contributed by atoms with Crippen molar-refractivity contribution in [3.8, 4) is 0 Å². The maximum atomic E-state index is 12.1. The molecule has 0 saturated carbocycles. The SMILES string of the molecule is CCN(CC)c1ccc(C(=O)NCC2CCOC2)cc1. The first-order valence-electron chi connectivity index (χ1n) is 7.45. The predicted octanol–water partition coefficient (Wildman–Crippen LogP) is 2.30. The lowest BCUT2D eigenvalue weighted by molar-refractivity contribution is 0.0945. The van der Waals surface area contributed by atoms with E-state index < -0.39 is 0 Å². The number of ether oxygens (including phenoxy) is 1. The molecule has 4 heteroatoms. The number of anilines is 1. The Kier molecular flexibility index (Phi) is 5.41. The van der Waals surface area contributed by atoms with Crippen molar-refractivity contribution in [1.82, 2.24) is 5.32 Å². The maximum Gasteiger partial charge on any atom is 0.251 e. The van der Waals surface area contributed by atoms with Gasteiger partial charge in [-0.1, -0.05) is 0 Å². The first-order valence-corrected chi connectivity index (χ1v) is 7.45. The molecule has 1 heterocycles. The van der Waals surface area contributed by atoms with E-state index in [1.54, 1.807) is 0 Å². The normalized spacial score (nSPS) is 18.0. The molecule has 2 rings (SSSR count). The van der Waals surface area contributed by atoms with Crippen molar-refractivity contribution in [3.63, 3.8) is 0 Å². The van der Waals surface area contributed by atoms with Gasteiger partial charge in [-0.15, -0.1) is 0 Å². The number of carbonyl (C=O) groups excluding carboxylic acids is 1. The first kappa shape index (κ1) is 14.9. The topological polar surface area (TPSA) is 41.6 Å². The lowest BCUT2D eigenvalue weighted by Crippen LogP contribution is -2.29. The zero-order valence-electron chi connectivity index (χ0n) is 12.4. The average molecular weight is 276 g/mol. The largest absolute Gasteiger partial charge is 0.381 e. The summed E-state index contributed by atoms with van der Waals surface area (Å²) in [6, 6.07) is 7.82. The number of carbonyl (C=O) groups is 1. The number of hydrogen-bond donors (Lipinski definition) is 1. The minimum absolute atomic E-state index is 0.00277. The lowest BCUT2D eigenvalue weighted by Gasteiger charge is -2.21. The summed E-state index contributed by atoms with van der Waals surface area (Å²) in [4.78, 5) is 14.3. The number of hydrogen-bond acceptors (Lipinski definition) is 3. The summed E-state index contributed by atoms with van der Waals surface area (Å²) in [5.41, 5.74) is 1.88. The third kappa shape index (κ3) is 3.73. The average Bonchev–Trinajstić information content (AvgIpc) is 3.00. The van der Waals surface area contributed by atoms with Gasteiger partial charge in [-0.05, 0) is 44.5 Å². The summed E-state index contributed by atoms with van der Waals surface area (Å²) in [5.74, 6) is 0.469. The van der Waals surface area contributed by atoms with Crippen LogP contribution in [0.4, 0.5) is 5.69 Å². The van der Waals surface area contributed by atoms with Crippen LogP contribution >= 0.6 is 0 Å². The Morgan fingerprint density at radius 1 is 1.30 bits per heavy atom. The second-order valence-electron chi connectivity index (χ2n) is 5.16. The Hall–Kier alpha value is -1.55. The van der Waals surface area contributed by atoms with Crippen LogP contribution < -0.4 is 10.2 Å². The van der Waals surface area contributed by atoms with Crippen molar-refractivity contribution in [1.29, 1.82) is 0 Å². The van der Waals surface area contributed by atoms with Crippen LogP contribution in [0.5, 0.6) is 0 Å². The fraction of sp³-hybridized carbons (Fsp3) is 0.562. The van der Waals surface area contributed by atoms with Crippen molar-refractivity contribution in [2.24, 2.45) is 5.92 Å². The quantitative estimate of drug-likeness (QED) is 0.867. The summed E-state index contributed by atoms with van der Waals surface area (Å²) >= 11 is 0. The van der Waals surface area contributed by atoms with Crippen LogP contribution in [0.15, 0.2) is 24.3 Å². The molecule has 1 N–H and O–H groups in total. The van der Waals surface area contributed by atoms with Crippen molar-refractivity contribution < 1.29 is 9.53 Å². The Morgan fingerprint density at radius 3 is 2.55 bits per heavy atom. The fourth-order valence-electron chi connectivity index (χ4n) is 2.50. The number of nitrogens with one attached hydrogen (secondary N) is 1. The molecule has 0 bridgehead atoms. The molecule has 4 nitrogen and oxygen atoms in total. The molecule has 1 atom stereocenters. The van der Waals surface area contributed by atoms with E-state index in [0.29, 0.717) is 12.5 Å². The zero-order valence-corrected chi connectivity index (χ0v) is 12.4. The van der Waals surface area contributed by atoms with E-state index in [9.17, 15) is 4.79 Å².